The SMILES string of the molecule is Cc1nn(-c2ccc(N3CCCCC3)nn2)c2c1[C@@H](c1ccccc1)CC(=O)N2. The van der Waals surface area contributed by atoms with Gasteiger partial charge in [0, 0.05) is 31.0 Å². The van der Waals surface area contributed by atoms with Crippen LogP contribution in [-0.2, 0) is 4.79 Å². The van der Waals surface area contributed by atoms with Gasteiger partial charge in [0.05, 0.1) is 5.69 Å². The minimum atomic E-state index is -0.00889. The Morgan fingerprint density at radius 2 is 1.69 bits per heavy atom. The first-order valence-electron chi connectivity index (χ1n) is 10.2. The van der Waals surface area contributed by atoms with Gasteiger partial charge in [0.1, 0.15) is 5.82 Å². The number of nitrogens with one attached hydrogen (secondary N) is 1. The third kappa shape index (κ3) is 3.26. The number of nitrogens with zero attached hydrogens (tertiary/aromatic N) is 5. The van der Waals surface area contributed by atoms with Gasteiger partial charge < -0.3 is 10.2 Å². The summed E-state index contributed by atoms with van der Waals surface area (Å²) in [5, 5.41) is 16.6. The molecule has 5 rings (SSSR count). The van der Waals surface area contributed by atoms with E-state index < -0.39 is 0 Å². The van der Waals surface area contributed by atoms with Crippen LogP contribution in [0, 0.1) is 6.92 Å². The van der Waals surface area contributed by atoms with Gasteiger partial charge in [-0.15, -0.1) is 10.2 Å². The van der Waals surface area contributed by atoms with E-state index in [1.165, 1.54) is 19.3 Å². The molecule has 0 radical (unpaired) electrons. The molecule has 0 spiro atoms. The molecule has 4 heterocycles. The first-order chi connectivity index (χ1) is 14.2. The minimum absolute atomic E-state index is 0.00529. The lowest BCUT2D eigenvalue weighted by atomic mass is 9.86. The van der Waals surface area contributed by atoms with Crippen molar-refractivity contribution in [1.29, 1.82) is 0 Å². The molecule has 2 aromatic heterocycles. The zero-order valence-corrected chi connectivity index (χ0v) is 16.5. The van der Waals surface area contributed by atoms with E-state index in [1.807, 2.05) is 37.3 Å². The van der Waals surface area contributed by atoms with E-state index in [0.29, 0.717) is 18.1 Å². The first kappa shape index (κ1) is 17.8. The summed E-state index contributed by atoms with van der Waals surface area (Å²) in [5.74, 6) is 2.20. The summed E-state index contributed by atoms with van der Waals surface area (Å²) in [6.45, 7) is 4.04. The highest BCUT2D eigenvalue weighted by atomic mass is 16.1. The fourth-order valence-electron chi connectivity index (χ4n) is 4.41. The van der Waals surface area contributed by atoms with E-state index >= 15 is 0 Å². The Balaban J connectivity index is 1.52. The predicted molar refractivity (Wildman–Crippen MR) is 111 cm³/mol. The van der Waals surface area contributed by atoms with Gasteiger partial charge in [-0.25, -0.2) is 0 Å². The summed E-state index contributed by atoms with van der Waals surface area (Å²) >= 11 is 0. The first-order valence-corrected chi connectivity index (χ1v) is 10.2. The average molecular weight is 388 g/mol. The molecule has 2 aliphatic rings. The number of hydrogen-bond acceptors (Lipinski definition) is 5. The number of carbonyl (C=O) groups is 1. The smallest absolute Gasteiger partial charge is 0.226 e. The Morgan fingerprint density at radius 1 is 0.966 bits per heavy atom. The van der Waals surface area contributed by atoms with Crippen LogP contribution in [-0.4, -0.2) is 39.0 Å². The second-order valence-corrected chi connectivity index (χ2v) is 7.77. The zero-order valence-electron chi connectivity index (χ0n) is 16.5. The maximum absolute atomic E-state index is 12.5. The fourth-order valence-corrected chi connectivity index (χ4v) is 4.41. The summed E-state index contributed by atoms with van der Waals surface area (Å²) in [7, 11) is 0. The third-order valence-electron chi connectivity index (χ3n) is 5.84. The Hall–Kier alpha value is -3.22. The van der Waals surface area contributed by atoms with E-state index in [1.54, 1.807) is 4.68 Å². The molecule has 1 atom stereocenters. The molecule has 1 amide bonds. The molecule has 7 nitrogen and oxygen atoms in total. The van der Waals surface area contributed by atoms with Crippen molar-refractivity contribution in [1.82, 2.24) is 20.0 Å². The molecule has 7 heteroatoms. The van der Waals surface area contributed by atoms with Gasteiger partial charge in [0.15, 0.2) is 11.6 Å². The number of carbonyl (C=O) groups excluding carboxylic acids is 1. The lowest BCUT2D eigenvalue weighted by Gasteiger charge is -2.27. The van der Waals surface area contributed by atoms with Crippen molar-refractivity contribution in [2.45, 2.75) is 38.5 Å². The van der Waals surface area contributed by atoms with Gasteiger partial charge in [-0.05, 0) is 43.9 Å². The fraction of sp³-hybridized carbons (Fsp3) is 0.364. The van der Waals surface area contributed by atoms with E-state index in [2.05, 4.69) is 32.5 Å². The molecular formula is C22H24N6O. The van der Waals surface area contributed by atoms with Gasteiger partial charge in [0.2, 0.25) is 5.91 Å². The Morgan fingerprint density at radius 3 is 2.41 bits per heavy atom. The number of anilines is 2. The molecule has 3 aromatic rings. The van der Waals surface area contributed by atoms with E-state index in [4.69, 9.17) is 5.10 Å². The van der Waals surface area contributed by atoms with Gasteiger partial charge in [-0.3, -0.25) is 4.79 Å². The summed E-state index contributed by atoms with van der Waals surface area (Å²) in [6.07, 6.45) is 4.09. The van der Waals surface area contributed by atoms with Crippen molar-refractivity contribution in [2.75, 3.05) is 23.3 Å². The molecular weight excluding hydrogens is 364 g/mol. The topological polar surface area (TPSA) is 75.9 Å². The molecule has 0 saturated carbocycles. The maximum Gasteiger partial charge on any atom is 0.226 e. The summed E-state index contributed by atoms with van der Waals surface area (Å²) in [6, 6.07) is 14.1. The van der Waals surface area contributed by atoms with Crippen LogP contribution in [0.2, 0.25) is 0 Å². The van der Waals surface area contributed by atoms with Crippen LogP contribution < -0.4 is 10.2 Å². The highest BCUT2D eigenvalue weighted by molar-refractivity contribution is 5.95. The quantitative estimate of drug-likeness (QED) is 0.744. The average Bonchev–Trinajstić information content (AvgIpc) is 3.11. The van der Waals surface area contributed by atoms with Crippen LogP contribution in [0.25, 0.3) is 5.82 Å². The van der Waals surface area contributed by atoms with Crippen molar-refractivity contribution in [3.8, 4) is 5.82 Å². The van der Waals surface area contributed by atoms with Crippen molar-refractivity contribution in [3.63, 3.8) is 0 Å². The van der Waals surface area contributed by atoms with Crippen molar-refractivity contribution >= 4 is 17.5 Å². The van der Waals surface area contributed by atoms with E-state index in [9.17, 15) is 4.79 Å². The number of hydrogen-bond donors (Lipinski definition) is 1. The maximum atomic E-state index is 12.5. The largest absolute Gasteiger partial charge is 0.355 e. The minimum Gasteiger partial charge on any atom is -0.355 e. The van der Waals surface area contributed by atoms with Crippen LogP contribution >= 0.6 is 0 Å². The second kappa shape index (κ2) is 7.31. The van der Waals surface area contributed by atoms with Crippen molar-refractivity contribution < 1.29 is 4.79 Å². The van der Waals surface area contributed by atoms with E-state index in [0.717, 1.165) is 35.7 Å². The van der Waals surface area contributed by atoms with Crippen LogP contribution in [0.15, 0.2) is 42.5 Å². The second-order valence-electron chi connectivity index (χ2n) is 7.77. The number of rotatable bonds is 3. The standard InChI is InChI=1S/C22H24N6O/c1-15-21-17(16-8-4-2-5-9-16)14-20(29)23-22(21)28(26-15)19-11-10-18(24-25-19)27-12-6-3-7-13-27/h2,4-5,8-11,17H,3,6-7,12-14H2,1H3,(H,23,29)/t17-/m1/s1. The lowest BCUT2D eigenvalue weighted by molar-refractivity contribution is -0.116. The zero-order chi connectivity index (χ0) is 19.8. The highest BCUT2D eigenvalue weighted by Crippen LogP contribution is 2.39. The van der Waals surface area contributed by atoms with Gasteiger partial charge in [-0.1, -0.05) is 30.3 Å². The highest BCUT2D eigenvalue weighted by Gasteiger charge is 2.32. The third-order valence-corrected chi connectivity index (χ3v) is 5.84. The monoisotopic (exact) mass is 388 g/mol. The van der Waals surface area contributed by atoms with Crippen molar-refractivity contribution in [2.24, 2.45) is 0 Å². The normalized spacial score (nSPS) is 19.0. The van der Waals surface area contributed by atoms with Crippen LogP contribution in [0.4, 0.5) is 11.6 Å². The van der Waals surface area contributed by atoms with E-state index in [-0.39, 0.29) is 11.8 Å². The Labute approximate surface area is 169 Å². The molecule has 1 saturated heterocycles. The van der Waals surface area contributed by atoms with Crippen molar-refractivity contribution in [3.05, 3.63) is 59.3 Å². The predicted octanol–water partition coefficient (Wildman–Crippen LogP) is 3.44. The molecule has 2 aliphatic heterocycles. The number of piperidine rings is 1. The molecule has 1 aromatic carbocycles. The Bertz CT molecular complexity index is 1020. The van der Waals surface area contributed by atoms with Crippen LogP contribution in [0.3, 0.4) is 0 Å². The van der Waals surface area contributed by atoms with Crippen LogP contribution in [0.5, 0.6) is 0 Å². The number of amides is 1. The number of aromatic nitrogens is 4. The number of fused-ring (bicyclic) bond motifs is 1. The molecule has 148 valence electrons. The molecule has 0 unspecified atom stereocenters. The lowest BCUT2D eigenvalue weighted by Crippen LogP contribution is -2.30. The van der Waals surface area contributed by atoms with Gasteiger partial charge >= 0.3 is 0 Å². The van der Waals surface area contributed by atoms with Crippen LogP contribution in [0.1, 0.15) is 48.4 Å². The molecule has 0 aliphatic carbocycles. The number of benzene rings is 1. The number of aryl methyl sites for hydroxylation is 1. The molecule has 1 N–H and O–H groups in total. The molecule has 29 heavy (non-hydrogen) atoms. The summed E-state index contributed by atoms with van der Waals surface area (Å²) < 4.78 is 1.71. The molecule has 1 fully saturated rings. The Kier molecular flexibility index (Phi) is 4.50. The van der Waals surface area contributed by atoms with Gasteiger partial charge in [0.25, 0.3) is 0 Å². The summed E-state index contributed by atoms with van der Waals surface area (Å²) in [4.78, 5) is 14.7. The van der Waals surface area contributed by atoms with Gasteiger partial charge in [-0.2, -0.15) is 9.78 Å². The summed E-state index contributed by atoms with van der Waals surface area (Å²) in [5.41, 5.74) is 3.08. The molecule has 0 bridgehead atoms.